The number of nitrogens with one attached hydrogen (secondary N) is 2. The number of hydrogen-bond acceptors (Lipinski definition) is 4. The average Bonchev–Trinajstić information content (AvgIpc) is 2.36. The van der Waals surface area contributed by atoms with Gasteiger partial charge >= 0.3 is 6.09 Å². The fraction of sp³-hybridized carbons (Fsp3) is 0.562. The molecule has 0 atom stereocenters. The van der Waals surface area contributed by atoms with Crippen LogP contribution in [0.25, 0.3) is 0 Å². The summed E-state index contributed by atoms with van der Waals surface area (Å²) >= 11 is 0. The van der Waals surface area contributed by atoms with Gasteiger partial charge in [-0.25, -0.2) is 13.2 Å². The van der Waals surface area contributed by atoms with Crippen molar-refractivity contribution in [2.24, 2.45) is 0 Å². The molecule has 23 heavy (non-hydrogen) atoms. The fourth-order valence-electron chi connectivity index (χ4n) is 1.94. The summed E-state index contributed by atoms with van der Waals surface area (Å²) in [6, 6.07) is 5.36. The molecule has 0 aliphatic heterocycles. The van der Waals surface area contributed by atoms with E-state index in [4.69, 9.17) is 4.74 Å². The molecule has 2 N–H and O–H groups in total. The lowest BCUT2D eigenvalue weighted by Gasteiger charge is -2.20. The van der Waals surface area contributed by atoms with Crippen molar-refractivity contribution in [1.82, 2.24) is 5.32 Å². The molecule has 1 amide bonds. The predicted molar refractivity (Wildman–Crippen MR) is 92.0 cm³/mol. The molecule has 0 aliphatic carbocycles. The first-order chi connectivity index (χ1) is 10.5. The van der Waals surface area contributed by atoms with E-state index < -0.39 is 21.7 Å². The van der Waals surface area contributed by atoms with E-state index in [0.29, 0.717) is 17.7 Å². The molecule has 0 fully saturated rings. The van der Waals surface area contributed by atoms with Gasteiger partial charge in [-0.15, -0.1) is 0 Å². The molecule has 1 aromatic carbocycles. The summed E-state index contributed by atoms with van der Waals surface area (Å²) in [5.74, 6) is 0.0554. The van der Waals surface area contributed by atoms with Crippen molar-refractivity contribution >= 4 is 21.8 Å². The molecule has 130 valence electrons. The van der Waals surface area contributed by atoms with E-state index in [2.05, 4.69) is 10.0 Å². The monoisotopic (exact) mass is 342 g/mol. The Bertz CT molecular complexity index is 649. The molecular weight excluding hydrogens is 316 g/mol. The molecule has 0 heterocycles. The summed E-state index contributed by atoms with van der Waals surface area (Å²) in [6.45, 7) is 9.23. The lowest BCUT2D eigenvalue weighted by atomic mass is 10.1. The minimum absolute atomic E-state index is 0.0554. The van der Waals surface area contributed by atoms with Gasteiger partial charge in [0.15, 0.2) is 0 Å². The molecular formula is C16H26N2O4S. The van der Waals surface area contributed by atoms with Crippen molar-refractivity contribution in [2.75, 3.05) is 10.5 Å². The maximum absolute atomic E-state index is 11.9. The predicted octanol–water partition coefficient (Wildman–Crippen LogP) is 3.17. The summed E-state index contributed by atoms with van der Waals surface area (Å²) in [7, 11) is -3.38. The second-order valence-corrected chi connectivity index (χ2v) is 8.28. The van der Waals surface area contributed by atoms with Gasteiger partial charge in [0.1, 0.15) is 5.60 Å². The van der Waals surface area contributed by atoms with Crippen LogP contribution in [0.3, 0.4) is 0 Å². The highest BCUT2D eigenvalue weighted by Gasteiger charge is 2.17. The third-order valence-corrected chi connectivity index (χ3v) is 4.30. The molecule has 1 rings (SSSR count). The summed E-state index contributed by atoms with van der Waals surface area (Å²) in [5.41, 5.74) is 1.56. The first-order valence-electron chi connectivity index (χ1n) is 7.59. The van der Waals surface area contributed by atoms with E-state index in [-0.39, 0.29) is 12.3 Å². The lowest BCUT2D eigenvalue weighted by Crippen LogP contribution is -2.32. The van der Waals surface area contributed by atoms with Gasteiger partial charge in [0.25, 0.3) is 0 Å². The van der Waals surface area contributed by atoms with Gasteiger partial charge in [0.2, 0.25) is 10.0 Å². The van der Waals surface area contributed by atoms with Gasteiger partial charge in [-0.3, -0.25) is 4.72 Å². The van der Waals surface area contributed by atoms with Gasteiger partial charge < -0.3 is 10.1 Å². The number of hydrogen-bond donors (Lipinski definition) is 2. The zero-order chi connectivity index (χ0) is 17.7. The van der Waals surface area contributed by atoms with Crippen LogP contribution in [0.5, 0.6) is 0 Å². The van der Waals surface area contributed by atoms with Gasteiger partial charge in [0, 0.05) is 6.54 Å². The van der Waals surface area contributed by atoms with E-state index in [9.17, 15) is 13.2 Å². The Labute approximate surface area is 138 Å². The molecule has 1 aromatic rings. The molecule has 0 aromatic heterocycles. The van der Waals surface area contributed by atoms with Crippen molar-refractivity contribution in [3.63, 3.8) is 0 Å². The molecule has 0 aliphatic rings. The van der Waals surface area contributed by atoms with Crippen LogP contribution in [0.1, 0.15) is 45.2 Å². The second kappa shape index (κ2) is 7.68. The minimum atomic E-state index is -3.38. The summed E-state index contributed by atoms with van der Waals surface area (Å²) in [5, 5.41) is 2.64. The zero-order valence-corrected chi connectivity index (χ0v) is 15.2. The molecule has 0 saturated heterocycles. The number of rotatable bonds is 6. The number of sulfonamides is 1. The van der Waals surface area contributed by atoms with Crippen molar-refractivity contribution < 1.29 is 17.9 Å². The Morgan fingerprint density at radius 3 is 2.48 bits per heavy atom. The second-order valence-electron chi connectivity index (χ2n) is 6.44. The van der Waals surface area contributed by atoms with Crippen LogP contribution in [0.15, 0.2) is 18.2 Å². The highest BCUT2D eigenvalue weighted by molar-refractivity contribution is 7.92. The van der Waals surface area contributed by atoms with Gasteiger partial charge in [-0.05, 0) is 45.7 Å². The molecule has 7 heteroatoms. The molecule has 0 radical (unpaired) electrons. The quantitative estimate of drug-likeness (QED) is 0.831. The Morgan fingerprint density at radius 2 is 1.91 bits per heavy atom. The molecule has 6 nitrogen and oxygen atoms in total. The van der Waals surface area contributed by atoms with E-state index in [1.54, 1.807) is 33.8 Å². The van der Waals surface area contributed by atoms with E-state index >= 15 is 0 Å². The maximum atomic E-state index is 11.9. The summed E-state index contributed by atoms with van der Waals surface area (Å²) in [6.07, 6.45) is -0.00599. The number of anilines is 1. The SMILES string of the molecule is CCCS(=O)(=O)Nc1ccc(C)cc1CNC(=O)OC(C)(C)C. The topological polar surface area (TPSA) is 84.5 Å². The van der Waals surface area contributed by atoms with Crippen LogP contribution in [-0.4, -0.2) is 25.9 Å². The highest BCUT2D eigenvalue weighted by Crippen LogP contribution is 2.19. The molecule has 0 saturated carbocycles. The Morgan fingerprint density at radius 1 is 1.26 bits per heavy atom. The fourth-order valence-corrected chi connectivity index (χ4v) is 3.11. The number of carbonyl (C=O) groups is 1. The zero-order valence-electron chi connectivity index (χ0n) is 14.4. The van der Waals surface area contributed by atoms with Crippen LogP contribution in [0.4, 0.5) is 10.5 Å². The third kappa shape index (κ3) is 7.36. The van der Waals surface area contributed by atoms with Crippen LogP contribution >= 0.6 is 0 Å². The van der Waals surface area contributed by atoms with E-state index in [1.807, 2.05) is 19.1 Å². The minimum Gasteiger partial charge on any atom is -0.444 e. The number of amides is 1. The normalized spacial score (nSPS) is 11.9. The molecule has 0 bridgehead atoms. The largest absolute Gasteiger partial charge is 0.444 e. The number of alkyl carbamates (subject to hydrolysis) is 1. The van der Waals surface area contributed by atoms with Crippen LogP contribution < -0.4 is 10.0 Å². The van der Waals surface area contributed by atoms with Gasteiger partial charge in [-0.2, -0.15) is 0 Å². The van der Waals surface area contributed by atoms with Gasteiger partial charge in [0.05, 0.1) is 11.4 Å². The standard InChI is InChI=1S/C16H26N2O4S/c1-6-9-23(20,21)18-14-8-7-12(2)10-13(14)11-17-15(19)22-16(3,4)5/h7-8,10,18H,6,9,11H2,1-5H3,(H,17,19). The number of benzene rings is 1. The van der Waals surface area contributed by atoms with Gasteiger partial charge in [-0.1, -0.05) is 24.6 Å². The van der Waals surface area contributed by atoms with Crippen LogP contribution in [0.2, 0.25) is 0 Å². The van der Waals surface area contributed by atoms with Crippen molar-refractivity contribution in [3.8, 4) is 0 Å². The van der Waals surface area contributed by atoms with Crippen LogP contribution in [0, 0.1) is 6.92 Å². The lowest BCUT2D eigenvalue weighted by molar-refractivity contribution is 0.0523. The first-order valence-corrected chi connectivity index (χ1v) is 9.24. The average molecular weight is 342 g/mol. The highest BCUT2D eigenvalue weighted by atomic mass is 32.2. The number of ether oxygens (including phenoxy) is 1. The molecule has 0 spiro atoms. The van der Waals surface area contributed by atoms with Crippen LogP contribution in [-0.2, 0) is 21.3 Å². The molecule has 0 unspecified atom stereocenters. The first kappa shape index (κ1) is 19.3. The smallest absolute Gasteiger partial charge is 0.407 e. The van der Waals surface area contributed by atoms with Crippen molar-refractivity contribution in [3.05, 3.63) is 29.3 Å². The summed E-state index contributed by atoms with van der Waals surface area (Å²) < 4.78 is 31.6. The Balaban J connectivity index is 2.85. The van der Waals surface area contributed by atoms with Crippen molar-refractivity contribution in [1.29, 1.82) is 0 Å². The maximum Gasteiger partial charge on any atom is 0.407 e. The number of aryl methyl sites for hydroxylation is 1. The Kier molecular flexibility index (Phi) is 6.44. The van der Waals surface area contributed by atoms with Crippen molar-refractivity contribution in [2.45, 2.75) is 53.2 Å². The van der Waals surface area contributed by atoms with E-state index in [1.165, 1.54) is 0 Å². The summed E-state index contributed by atoms with van der Waals surface area (Å²) in [4.78, 5) is 11.7. The number of carbonyl (C=O) groups excluding carboxylic acids is 1. The third-order valence-electron chi connectivity index (χ3n) is 2.82. The Hall–Kier alpha value is -1.76. The van der Waals surface area contributed by atoms with E-state index in [0.717, 1.165) is 5.56 Å².